The first kappa shape index (κ1) is 17.4. The van der Waals surface area contributed by atoms with E-state index in [1.165, 1.54) is 0 Å². The molecule has 8 aromatic carbocycles. The van der Waals surface area contributed by atoms with Crippen LogP contribution in [0.25, 0.3) is 88.0 Å². The van der Waals surface area contributed by atoms with Crippen molar-refractivity contribution in [2.75, 3.05) is 0 Å². The first-order valence-electron chi connectivity index (χ1n) is 19.6. The topological polar surface area (TPSA) is 13.1 Å². The molecule has 9 aromatic rings. The van der Waals surface area contributed by atoms with Crippen LogP contribution in [0, 0.1) is 0 Å². The van der Waals surface area contributed by atoms with Crippen LogP contribution < -0.4 is 0 Å². The zero-order chi connectivity index (χ0) is 38.4. The molecule has 1 heterocycles. The van der Waals surface area contributed by atoms with Gasteiger partial charge in [-0.2, -0.15) is 0 Å². The van der Waals surface area contributed by atoms with E-state index in [-0.39, 0.29) is 35.3 Å². The highest BCUT2D eigenvalue weighted by Crippen LogP contribution is 2.47. The third-order valence-electron chi connectivity index (χ3n) is 8.41. The average molecular weight is 583 g/mol. The fourth-order valence-corrected chi connectivity index (χ4v) is 6.52. The molecule has 0 N–H and O–H groups in total. The summed E-state index contributed by atoms with van der Waals surface area (Å²) in [7, 11) is 0. The van der Waals surface area contributed by atoms with Gasteiger partial charge < -0.3 is 4.42 Å². The van der Waals surface area contributed by atoms with Gasteiger partial charge in [-0.1, -0.05) is 145 Å². The lowest BCUT2D eigenvalue weighted by atomic mass is 9.84. The van der Waals surface area contributed by atoms with E-state index in [0.717, 1.165) is 54.6 Å². The smallest absolute Gasteiger partial charge is 0.143 e. The van der Waals surface area contributed by atoms with Crippen LogP contribution in [0.3, 0.4) is 0 Å². The molecular formula is C44H28O. The number of fused-ring (bicyclic) bond motifs is 5. The number of hydrogen-bond donors (Lipinski definition) is 0. The van der Waals surface area contributed by atoms with Crippen LogP contribution in [0.2, 0.25) is 0 Å². The number of furan rings is 1. The second-order valence-electron chi connectivity index (χ2n) is 10.9. The highest BCUT2D eigenvalue weighted by atomic mass is 16.3. The van der Waals surface area contributed by atoms with Crippen LogP contribution in [-0.2, 0) is 0 Å². The molecule has 45 heavy (non-hydrogen) atoms. The van der Waals surface area contributed by atoms with Crippen molar-refractivity contribution in [3.63, 3.8) is 0 Å². The van der Waals surface area contributed by atoms with Crippen LogP contribution in [0.5, 0.6) is 0 Å². The minimum absolute atomic E-state index is 0.0478. The van der Waals surface area contributed by atoms with Crippen molar-refractivity contribution in [1.82, 2.24) is 0 Å². The Morgan fingerprint density at radius 2 is 0.911 bits per heavy atom. The zero-order valence-corrected chi connectivity index (χ0v) is 23.8. The monoisotopic (exact) mass is 582 g/mol. The van der Waals surface area contributed by atoms with Crippen molar-refractivity contribution in [1.29, 1.82) is 0 Å². The predicted molar refractivity (Wildman–Crippen MR) is 190 cm³/mol. The number of para-hydroxylation sites is 1. The summed E-state index contributed by atoms with van der Waals surface area (Å²) in [5.41, 5.74) is 5.38. The van der Waals surface area contributed by atoms with Gasteiger partial charge in [-0.3, -0.25) is 0 Å². The molecule has 1 aromatic heterocycles. The van der Waals surface area contributed by atoms with E-state index in [0.29, 0.717) is 22.3 Å². The van der Waals surface area contributed by atoms with E-state index in [1.807, 2.05) is 103 Å². The van der Waals surface area contributed by atoms with Crippen molar-refractivity contribution >= 4 is 43.5 Å². The van der Waals surface area contributed by atoms with E-state index < -0.39 is 36.3 Å². The van der Waals surface area contributed by atoms with Crippen LogP contribution in [0.4, 0.5) is 0 Å². The Hall–Kier alpha value is -5.92. The lowest BCUT2D eigenvalue weighted by Crippen LogP contribution is -1.92. The first-order chi connectivity index (χ1) is 26.5. The molecule has 0 aliphatic rings. The summed E-state index contributed by atoms with van der Waals surface area (Å²) in [4.78, 5) is 0. The van der Waals surface area contributed by atoms with Gasteiger partial charge in [0.2, 0.25) is 0 Å². The molecule has 1 nitrogen and oxygen atoms in total. The van der Waals surface area contributed by atoms with Gasteiger partial charge in [0, 0.05) is 16.3 Å². The lowest BCUT2D eigenvalue weighted by molar-refractivity contribution is 0.670. The Balaban J connectivity index is 1.38. The first-order valence-corrected chi connectivity index (χ1v) is 14.6. The van der Waals surface area contributed by atoms with Crippen molar-refractivity contribution in [3.05, 3.63) is 170 Å². The largest absolute Gasteiger partial charge is 0.455 e. The van der Waals surface area contributed by atoms with E-state index in [1.54, 1.807) is 6.07 Å². The molecule has 0 unspecified atom stereocenters. The summed E-state index contributed by atoms with van der Waals surface area (Å²) in [6.07, 6.45) is 0. The second-order valence-corrected chi connectivity index (χ2v) is 10.9. The fourth-order valence-electron chi connectivity index (χ4n) is 6.52. The Morgan fingerprint density at radius 3 is 1.56 bits per heavy atom. The normalized spacial score (nSPS) is 14.7. The maximum Gasteiger partial charge on any atom is 0.143 e. The van der Waals surface area contributed by atoms with Crippen LogP contribution in [0.15, 0.2) is 174 Å². The van der Waals surface area contributed by atoms with Gasteiger partial charge in [0.05, 0.1) is 13.7 Å². The van der Waals surface area contributed by atoms with E-state index in [2.05, 4.69) is 0 Å². The maximum atomic E-state index is 8.92. The standard InChI is InChI=1S/C44H28O/c1-3-14-29(15-4-1)31-18-13-19-32(26-31)42-35-21-7-9-23-37(35)43(38-24-10-8-22-36(38)42)33-27-39(30-16-5-2-6-17-30)44-40(28-33)34-20-11-12-25-41(34)45-44/h1-28H/i1D,2D,3D,4D,5D,6D,14D,15D,16D,17D. The molecule has 0 radical (unpaired) electrons. The molecule has 210 valence electrons. The number of rotatable bonds is 4. The minimum atomic E-state index is -0.473. The molecule has 0 spiro atoms. The zero-order valence-electron chi connectivity index (χ0n) is 33.8. The molecule has 0 saturated heterocycles. The maximum absolute atomic E-state index is 8.92. The molecule has 0 fully saturated rings. The third kappa shape index (κ3) is 4.17. The minimum Gasteiger partial charge on any atom is -0.455 e. The predicted octanol–water partition coefficient (Wildman–Crippen LogP) is 12.6. The van der Waals surface area contributed by atoms with Crippen LogP contribution in [-0.4, -0.2) is 0 Å². The highest BCUT2D eigenvalue weighted by molar-refractivity contribution is 6.23. The highest BCUT2D eigenvalue weighted by Gasteiger charge is 2.20. The summed E-state index contributed by atoms with van der Waals surface area (Å²) in [5.74, 6) is 0. The summed E-state index contributed by atoms with van der Waals surface area (Å²) >= 11 is 0. The molecule has 0 bridgehead atoms. The van der Waals surface area contributed by atoms with Gasteiger partial charge in [0.1, 0.15) is 11.2 Å². The van der Waals surface area contributed by atoms with E-state index >= 15 is 0 Å². The van der Waals surface area contributed by atoms with E-state index in [4.69, 9.17) is 18.1 Å². The number of hydrogen-bond acceptors (Lipinski definition) is 1. The van der Waals surface area contributed by atoms with Crippen LogP contribution >= 0.6 is 0 Å². The van der Waals surface area contributed by atoms with Gasteiger partial charge in [-0.05, 0) is 84.8 Å². The van der Waals surface area contributed by atoms with Gasteiger partial charge in [0.25, 0.3) is 0 Å². The molecule has 0 amide bonds. The van der Waals surface area contributed by atoms with Gasteiger partial charge in [-0.15, -0.1) is 0 Å². The molecular weight excluding hydrogens is 544 g/mol. The van der Waals surface area contributed by atoms with Crippen molar-refractivity contribution in [2.24, 2.45) is 0 Å². The summed E-state index contributed by atoms with van der Waals surface area (Å²) < 4.78 is 91.3. The van der Waals surface area contributed by atoms with Crippen molar-refractivity contribution in [3.8, 4) is 44.5 Å². The van der Waals surface area contributed by atoms with Gasteiger partial charge in [0.15, 0.2) is 0 Å². The molecule has 0 aliphatic carbocycles. The molecule has 1 heteroatoms. The Labute approximate surface area is 275 Å². The number of benzene rings is 8. The summed E-state index contributed by atoms with van der Waals surface area (Å²) in [6.45, 7) is 0. The third-order valence-corrected chi connectivity index (χ3v) is 8.41. The average Bonchev–Trinajstić information content (AvgIpc) is 3.58. The molecule has 0 aliphatic heterocycles. The Morgan fingerprint density at radius 1 is 0.378 bits per heavy atom. The van der Waals surface area contributed by atoms with Crippen LogP contribution in [0.1, 0.15) is 13.7 Å². The van der Waals surface area contributed by atoms with Crippen molar-refractivity contribution < 1.29 is 18.1 Å². The summed E-state index contributed by atoms with van der Waals surface area (Å²) in [5, 5.41) is 5.14. The van der Waals surface area contributed by atoms with E-state index in [9.17, 15) is 0 Å². The van der Waals surface area contributed by atoms with Gasteiger partial charge in [-0.25, -0.2) is 0 Å². The van der Waals surface area contributed by atoms with Crippen molar-refractivity contribution in [2.45, 2.75) is 0 Å². The van der Waals surface area contributed by atoms with Gasteiger partial charge >= 0.3 is 0 Å². The molecule has 0 atom stereocenters. The SMILES string of the molecule is [2H]c1c([2H])c([2H])c(-c2cccc(-c3c4ccccc4c(-c4cc(-c5c([2H])c([2H])c([2H])c([2H])c5[2H])c5oc6ccccc6c5c4)c4ccccc34)c2)c([2H])c1[2H]. The fraction of sp³-hybridized carbons (Fsp3) is 0. The second kappa shape index (κ2) is 10.4. The quantitative estimate of drug-likeness (QED) is 0.188. The summed E-state index contributed by atoms with van der Waals surface area (Å²) in [6, 6.07) is 31.0. The molecule has 0 saturated carbocycles. The Bertz CT molecular complexity index is 3000. The molecule has 9 rings (SSSR count). The lowest BCUT2D eigenvalue weighted by Gasteiger charge is -2.19. The Kier molecular flexibility index (Phi) is 4.01.